The van der Waals surface area contributed by atoms with Crippen molar-refractivity contribution in [3.05, 3.63) is 64.7 Å². The minimum absolute atomic E-state index is 0.151. The molecule has 0 aliphatic heterocycles. The number of ether oxygens (including phenoxy) is 1. The third kappa shape index (κ3) is 6.78. The number of nitrogens with one attached hydrogen (secondary N) is 1. The van der Waals surface area contributed by atoms with E-state index in [0.717, 1.165) is 0 Å². The van der Waals surface area contributed by atoms with Crippen molar-refractivity contribution in [1.29, 1.82) is 5.26 Å². The first-order chi connectivity index (χ1) is 14.9. The molecule has 178 valence electrons. The maximum atomic E-state index is 12.9. The molecule has 2 aromatic carbocycles. The largest absolute Gasteiger partial charge is 0.573 e. The molecular formula is C18H9F9N2O3S. The van der Waals surface area contributed by atoms with Crippen LogP contribution in [-0.4, -0.2) is 14.8 Å². The molecule has 5 nitrogen and oxygen atoms in total. The van der Waals surface area contributed by atoms with Crippen LogP contribution in [0.4, 0.5) is 45.2 Å². The molecule has 0 aliphatic carbocycles. The van der Waals surface area contributed by atoms with E-state index in [1.54, 1.807) is 0 Å². The van der Waals surface area contributed by atoms with Gasteiger partial charge in [-0.3, -0.25) is 0 Å². The van der Waals surface area contributed by atoms with Crippen molar-refractivity contribution in [2.45, 2.75) is 23.6 Å². The Morgan fingerprint density at radius 2 is 1.36 bits per heavy atom. The molecule has 33 heavy (non-hydrogen) atoms. The lowest BCUT2D eigenvalue weighted by Crippen LogP contribution is -2.17. The minimum Gasteiger partial charge on any atom is -0.406 e. The Morgan fingerprint density at radius 3 is 1.76 bits per heavy atom. The van der Waals surface area contributed by atoms with E-state index in [0.29, 0.717) is 30.5 Å². The molecule has 0 saturated heterocycles. The van der Waals surface area contributed by atoms with Crippen molar-refractivity contribution >= 4 is 15.5 Å². The molecule has 0 spiro atoms. The molecule has 2 aromatic rings. The number of allylic oxidation sites excluding steroid dienone is 1. The topological polar surface area (TPSA) is 79.2 Å². The summed E-state index contributed by atoms with van der Waals surface area (Å²) in [5.41, 5.74) is -4.20. The van der Waals surface area contributed by atoms with E-state index in [1.165, 1.54) is 6.07 Å². The van der Waals surface area contributed by atoms with Gasteiger partial charge in [0.25, 0.3) is 0 Å². The second-order valence-corrected chi connectivity index (χ2v) is 8.00. The lowest BCUT2D eigenvalue weighted by Gasteiger charge is -2.14. The second-order valence-electron chi connectivity index (χ2n) is 6.08. The number of rotatable bonds is 5. The fraction of sp³-hybridized carbons (Fsp3) is 0.167. The molecule has 0 aromatic heterocycles. The lowest BCUT2D eigenvalue weighted by molar-refractivity contribution is -0.274. The van der Waals surface area contributed by atoms with Gasteiger partial charge in [0, 0.05) is 11.9 Å². The highest BCUT2D eigenvalue weighted by atomic mass is 32.2. The minimum atomic E-state index is -5.16. The molecule has 0 radical (unpaired) electrons. The fourth-order valence-electron chi connectivity index (χ4n) is 2.30. The molecular weight excluding hydrogens is 495 g/mol. The van der Waals surface area contributed by atoms with Crippen LogP contribution in [0, 0.1) is 11.3 Å². The van der Waals surface area contributed by atoms with E-state index in [4.69, 9.17) is 5.26 Å². The fourth-order valence-corrected chi connectivity index (χ4v) is 3.39. The quantitative estimate of drug-likeness (QED) is 0.407. The SMILES string of the molecule is N#C/C(=C/Nc1cc(C(F)(F)F)cc(C(F)(F)F)c1)S(=O)(=O)c1ccc(OC(F)(F)F)cc1. The van der Waals surface area contributed by atoms with Gasteiger partial charge in [0.05, 0.1) is 16.0 Å². The van der Waals surface area contributed by atoms with Crippen LogP contribution in [0.2, 0.25) is 0 Å². The summed E-state index contributed by atoms with van der Waals surface area (Å²) in [7, 11) is -4.70. The van der Waals surface area contributed by atoms with Crippen LogP contribution in [0.5, 0.6) is 5.75 Å². The van der Waals surface area contributed by atoms with Gasteiger partial charge in [-0.2, -0.15) is 31.6 Å². The Hall–Kier alpha value is -3.41. The first-order valence-corrected chi connectivity index (χ1v) is 9.69. The lowest BCUT2D eigenvalue weighted by atomic mass is 10.1. The predicted molar refractivity (Wildman–Crippen MR) is 94.1 cm³/mol. The van der Waals surface area contributed by atoms with Crippen molar-refractivity contribution in [3.8, 4) is 11.8 Å². The normalized spacial score (nSPS) is 13.4. The summed E-state index contributed by atoms with van der Waals surface area (Å²) >= 11 is 0. The van der Waals surface area contributed by atoms with E-state index < -0.39 is 60.9 Å². The van der Waals surface area contributed by atoms with E-state index >= 15 is 0 Å². The van der Waals surface area contributed by atoms with Gasteiger partial charge in [0.15, 0.2) is 4.91 Å². The second kappa shape index (κ2) is 8.85. The number of anilines is 1. The highest BCUT2D eigenvalue weighted by Gasteiger charge is 2.37. The number of hydrogen-bond donors (Lipinski definition) is 1. The molecule has 0 bridgehead atoms. The van der Waals surface area contributed by atoms with Gasteiger partial charge in [-0.15, -0.1) is 13.2 Å². The Bertz CT molecular complexity index is 1160. The third-order valence-electron chi connectivity index (χ3n) is 3.72. The Balaban J connectivity index is 2.41. The van der Waals surface area contributed by atoms with E-state index in [1.807, 2.05) is 5.32 Å². The standard InChI is InChI=1S/C18H9F9N2O3S/c19-16(20,21)10-5-11(17(22,23)24)7-12(6-10)29-9-15(8-28)33(30,31)14-3-1-13(2-4-14)32-18(25,26)27/h1-7,9,29H/b15-9-. The Kier molecular flexibility index (Phi) is 6.93. The van der Waals surface area contributed by atoms with Crippen LogP contribution in [-0.2, 0) is 22.2 Å². The predicted octanol–water partition coefficient (Wildman–Crippen LogP) is 5.87. The molecule has 0 fully saturated rings. The van der Waals surface area contributed by atoms with Crippen molar-refractivity contribution in [2.75, 3.05) is 5.32 Å². The highest BCUT2D eigenvalue weighted by molar-refractivity contribution is 7.95. The molecule has 1 N–H and O–H groups in total. The maximum Gasteiger partial charge on any atom is 0.573 e. The third-order valence-corrected chi connectivity index (χ3v) is 5.41. The van der Waals surface area contributed by atoms with Crippen LogP contribution in [0.3, 0.4) is 0 Å². The van der Waals surface area contributed by atoms with Gasteiger partial charge in [-0.1, -0.05) is 0 Å². The maximum absolute atomic E-state index is 12.9. The number of nitriles is 1. The first-order valence-electron chi connectivity index (χ1n) is 8.21. The van der Waals surface area contributed by atoms with Crippen molar-refractivity contribution in [3.63, 3.8) is 0 Å². The van der Waals surface area contributed by atoms with Crippen molar-refractivity contribution < 1.29 is 52.7 Å². The van der Waals surface area contributed by atoms with Gasteiger partial charge >= 0.3 is 18.7 Å². The number of hydrogen-bond acceptors (Lipinski definition) is 5. The number of alkyl halides is 9. The van der Waals surface area contributed by atoms with Gasteiger partial charge in [-0.25, -0.2) is 8.42 Å². The van der Waals surface area contributed by atoms with Crippen LogP contribution >= 0.6 is 0 Å². The van der Waals surface area contributed by atoms with E-state index in [-0.39, 0.29) is 18.2 Å². The Morgan fingerprint density at radius 1 is 0.879 bits per heavy atom. The van der Waals surface area contributed by atoms with Gasteiger partial charge in [0.2, 0.25) is 9.84 Å². The number of sulfone groups is 1. The zero-order valence-electron chi connectivity index (χ0n) is 15.6. The summed E-state index contributed by atoms with van der Waals surface area (Å²) < 4.78 is 143. The van der Waals surface area contributed by atoms with Crippen LogP contribution in [0.1, 0.15) is 11.1 Å². The summed E-state index contributed by atoms with van der Waals surface area (Å²) in [5.74, 6) is -0.772. The van der Waals surface area contributed by atoms with Crippen LogP contribution in [0.15, 0.2) is 58.5 Å². The van der Waals surface area contributed by atoms with Gasteiger partial charge < -0.3 is 10.1 Å². The van der Waals surface area contributed by atoms with Crippen molar-refractivity contribution in [1.82, 2.24) is 0 Å². The summed E-state index contributed by atoms with van der Waals surface area (Å²) in [4.78, 5) is -1.83. The molecule has 0 amide bonds. The molecule has 0 unspecified atom stereocenters. The molecule has 0 saturated carbocycles. The highest BCUT2D eigenvalue weighted by Crippen LogP contribution is 2.37. The first kappa shape index (κ1) is 25.8. The summed E-state index contributed by atoms with van der Waals surface area (Å²) in [6.07, 6.45) is -15.0. The molecule has 0 aliphatic rings. The summed E-state index contributed by atoms with van der Waals surface area (Å²) in [6.45, 7) is 0. The van der Waals surface area contributed by atoms with Gasteiger partial charge in [-0.05, 0) is 42.5 Å². The average Bonchev–Trinajstić information content (AvgIpc) is 2.66. The summed E-state index contributed by atoms with van der Waals surface area (Å²) in [5, 5.41) is 11.0. The number of nitrogens with zero attached hydrogens (tertiary/aromatic N) is 1. The van der Waals surface area contributed by atoms with E-state index in [9.17, 15) is 47.9 Å². The number of benzene rings is 2. The van der Waals surface area contributed by atoms with Crippen LogP contribution < -0.4 is 10.1 Å². The molecule has 15 heteroatoms. The molecule has 0 atom stereocenters. The monoisotopic (exact) mass is 504 g/mol. The summed E-state index contributed by atoms with van der Waals surface area (Å²) in [6, 6.07) is 4.16. The van der Waals surface area contributed by atoms with Crippen LogP contribution in [0.25, 0.3) is 0 Å². The smallest absolute Gasteiger partial charge is 0.406 e. The molecule has 0 heterocycles. The average molecular weight is 504 g/mol. The zero-order chi connectivity index (χ0) is 25.2. The van der Waals surface area contributed by atoms with Crippen molar-refractivity contribution in [2.24, 2.45) is 0 Å². The molecule has 2 rings (SSSR count). The zero-order valence-corrected chi connectivity index (χ0v) is 16.4. The number of halogens is 9. The van der Waals surface area contributed by atoms with E-state index in [2.05, 4.69) is 4.74 Å². The Labute approximate surface area is 179 Å². The van der Waals surface area contributed by atoms with Gasteiger partial charge in [0.1, 0.15) is 11.8 Å².